The number of amides is 1. The number of nitrogens with zero attached hydrogens (tertiary/aromatic N) is 3. The minimum absolute atomic E-state index is 0.190. The molecule has 0 radical (unpaired) electrons. The molecule has 2 aliphatic heterocycles. The summed E-state index contributed by atoms with van der Waals surface area (Å²) in [4.78, 5) is 36.7. The molecule has 12 heteroatoms. The van der Waals surface area contributed by atoms with Crippen molar-refractivity contribution in [2.75, 3.05) is 20.2 Å². The molecule has 0 bridgehead atoms. The molecule has 0 unspecified atom stereocenters. The highest BCUT2D eigenvalue weighted by Gasteiger charge is 2.36. The van der Waals surface area contributed by atoms with Crippen molar-refractivity contribution in [3.63, 3.8) is 0 Å². The Morgan fingerprint density at radius 2 is 1.67 bits per heavy atom. The van der Waals surface area contributed by atoms with Gasteiger partial charge in [-0.15, -0.1) is 0 Å². The molecule has 0 saturated carbocycles. The van der Waals surface area contributed by atoms with E-state index in [0.717, 1.165) is 85.8 Å². The highest BCUT2D eigenvalue weighted by atomic mass is 35.5. The number of pyridine rings is 1. The number of halogens is 3. The van der Waals surface area contributed by atoms with E-state index in [9.17, 15) is 14.0 Å². The van der Waals surface area contributed by atoms with Crippen LogP contribution in [0.5, 0.6) is 11.5 Å². The molecule has 0 aliphatic carbocycles. The number of rotatable bonds is 14. The average molecular weight is 930 g/mol. The summed E-state index contributed by atoms with van der Waals surface area (Å²) >= 11 is 12.5. The van der Waals surface area contributed by atoms with Crippen LogP contribution in [-0.2, 0) is 46.8 Å². The van der Waals surface area contributed by atoms with Gasteiger partial charge < -0.3 is 19.5 Å². The van der Waals surface area contributed by atoms with Crippen molar-refractivity contribution in [2.45, 2.75) is 90.9 Å². The maximum Gasteiger partial charge on any atom is 0.328 e. The molecule has 8 rings (SSSR count). The molecule has 4 atom stereocenters. The monoisotopic (exact) mass is 928 g/mol. The maximum absolute atomic E-state index is 14.6. The number of carbonyl (C=O) groups excluding carboxylic acids is 2. The molecule has 1 N–H and O–H groups in total. The Morgan fingerprint density at radius 3 is 2.38 bits per heavy atom. The van der Waals surface area contributed by atoms with Crippen LogP contribution in [0.1, 0.15) is 82.7 Å². The van der Waals surface area contributed by atoms with Crippen LogP contribution in [0.4, 0.5) is 4.39 Å². The van der Waals surface area contributed by atoms with Crippen LogP contribution in [0.2, 0.25) is 10.0 Å². The van der Waals surface area contributed by atoms with Crippen molar-refractivity contribution in [1.29, 1.82) is 0 Å². The van der Waals surface area contributed by atoms with Crippen LogP contribution < -0.4 is 14.8 Å². The van der Waals surface area contributed by atoms with Gasteiger partial charge in [0, 0.05) is 50.1 Å². The predicted octanol–water partition coefficient (Wildman–Crippen LogP) is 11.1. The van der Waals surface area contributed by atoms with Gasteiger partial charge >= 0.3 is 5.97 Å². The first kappa shape index (κ1) is 46.7. The van der Waals surface area contributed by atoms with Crippen molar-refractivity contribution in [1.82, 2.24) is 20.1 Å². The number of aryl methyl sites for hydroxylation is 1. The lowest BCUT2D eigenvalue weighted by molar-refractivity contribution is -0.146. The summed E-state index contributed by atoms with van der Waals surface area (Å²) in [5.74, 6) is 0.345. The highest BCUT2D eigenvalue weighted by molar-refractivity contribution is 6.42. The number of carbonyl (C=O) groups is 2. The van der Waals surface area contributed by atoms with Crippen LogP contribution in [0, 0.1) is 19.7 Å². The first-order chi connectivity index (χ1) is 31.9. The summed E-state index contributed by atoms with van der Waals surface area (Å²) in [6.07, 6.45) is 2.74. The Labute approximate surface area is 396 Å². The zero-order chi connectivity index (χ0) is 46.5. The van der Waals surface area contributed by atoms with E-state index in [4.69, 9.17) is 37.4 Å². The van der Waals surface area contributed by atoms with E-state index in [1.807, 2.05) is 72.5 Å². The molecule has 9 nitrogen and oxygen atoms in total. The molecule has 1 aromatic heterocycles. The predicted molar refractivity (Wildman–Crippen MR) is 257 cm³/mol. The van der Waals surface area contributed by atoms with E-state index < -0.39 is 18.1 Å². The fraction of sp³-hybridized carbons (Fsp3) is 0.315. The number of nitrogens with one attached hydrogen (secondary N) is 1. The van der Waals surface area contributed by atoms with Gasteiger partial charge in [0.05, 0.1) is 23.2 Å². The Morgan fingerprint density at radius 1 is 0.879 bits per heavy atom. The fourth-order valence-corrected chi connectivity index (χ4v) is 9.34. The summed E-state index contributed by atoms with van der Waals surface area (Å²) in [5.41, 5.74) is 10.9. The molecule has 342 valence electrons. The van der Waals surface area contributed by atoms with Gasteiger partial charge in [-0.25, -0.2) is 9.18 Å². The van der Waals surface area contributed by atoms with Gasteiger partial charge in [-0.3, -0.25) is 19.6 Å². The molecule has 6 aromatic rings. The number of fused-ring (bicyclic) bond motifs is 2. The van der Waals surface area contributed by atoms with Crippen molar-refractivity contribution >= 4 is 35.1 Å². The second-order valence-corrected chi connectivity index (χ2v) is 18.0. The van der Waals surface area contributed by atoms with Crippen LogP contribution in [0.15, 0.2) is 115 Å². The fourth-order valence-electron chi connectivity index (χ4n) is 9.03. The minimum Gasteiger partial charge on any atom is -0.486 e. The Kier molecular flexibility index (Phi) is 14.7. The molecular weight excluding hydrogens is 875 g/mol. The molecule has 5 aromatic carbocycles. The highest BCUT2D eigenvalue weighted by Crippen LogP contribution is 2.38. The van der Waals surface area contributed by atoms with Crippen molar-refractivity contribution < 1.29 is 28.2 Å². The van der Waals surface area contributed by atoms with Crippen LogP contribution >= 0.6 is 23.2 Å². The number of benzene rings is 5. The quantitative estimate of drug-likeness (QED) is 0.108. The zero-order valence-electron chi connectivity index (χ0n) is 38.0. The summed E-state index contributed by atoms with van der Waals surface area (Å²) < 4.78 is 33.1. The molecule has 0 saturated heterocycles. The van der Waals surface area contributed by atoms with Crippen molar-refractivity contribution in [3.05, 3.63) is 181 Å². The number of likely N-dealkylation sites (N-methyl/N-ethyl adjacent to an activating group) is 1. The standard InChI is InChI=1S/C54H55Cl2FN4O5/c1-6-50(39-17-20-46(55)47(56)26-39)65-44-18-15-38(16-19-44)52-32-60(7-2)30-42-25-40-27-49(61(31-41(40)28-51(42)66-52)29-36-9-8-10-43(57)23-36)53(62)59-48(54(63)64-5)24-35-11-13-37(14-12-35)45-21-22-58-34(4)33(45)3/h8-23,25-26,28,48-50,52H,6-7,24,27,29-32H2,1-5H3,(H,59,62)/t48-,49-,50+,52+/m0/s1. The number of ether oxygens (including phenoxy) is 3. The summed E-state index contributed by atoms with van der Waals surface area (Å²) in [5, 5.41) is 4.06. The molecule has 1 amide bonds. The van der Waals surface area contributed by atoms with E-state index in [-0.39, 0.29) is 30.4 Å². The number of hydrogen-bond donors (Lipinski definition) is 1. The second kappa shape index (κ2) is 20.8. The molecule has 66 heavy (non-hydrogen) atoms. The van der Waals surface area contributed by atoms with Crippen LogP contribution in [-0.4, -0.2) is 58.9 Å². The molecular formula is C54H55Cl2FN4O5. The first-order valence-electron chi connectivity index (χ1n) is 22.5. The minimum atomic E-state index is -0.928. The molecule has 2 aliphatic rings. The first-order valence-corrected chi connectivity index (χ1v) is 23.3. The number of hydrogen-bond acceptors (Lipinski definition) is 8. The summed E-state index contributed by atoms with van der Waals surface area (Å²) in [7, 11) is 1.33. The Bertz CT molecular complexity index is 2700. The normalized spacial score (nSPS) is 17.1. The van der Waals surface area contributed by atoms with Crippen molar-refractivity contribution in [3.8, 4) is 22.6 Å². The van der Waals surface area contributed by atoms with Gasteiger partial charge in [-0.05, 0) is 132 Å². The maximum atomic E-state index is 14.6. The Hall–Kier alpha value is -5.78. The number of aromatic nitrogens is 1. The van der Waals surface area contributed by atoms with Gasteiger partial charge in [0.25, 0.3) is 0 Å². The van der Waals surface area contributed by atoms with Gasteiger partial charge in [0.1, 0.15) is 35.6 Å². The van der Waals surface area contributed by atoms with Gasteiger partial charge in [0.2, 0.25) is 5.91 Å². The average Bonchev–Trinajstić information content (AvgIpc) is 3.50. The smallest absolute Gasteiger partial charge is 0.328 e. The lowest BCUT2D eigenvalue weighted by atomic mass is 9.90. The van der Waals surface area contributed by atoms with E-state index in [1.165, 1.54) is 19.2 Å². The van der Waals surface area contributed by atoms with Crippen LogP contribution in [0.3, 0.4) is 0 Å². The molecule has 0 spiro atoms. The molecule has 3 heterocycles. The summed E-state index contributed by atoms with van der Waals surface area (Å²) in [6.45, 7) is 11.1. The second-order valence-electron chi connectivity index (χ2n) is 17.2. The lowest BCUT2D eigenvalue weighted by Crippen LogP contribution is -2.54. The SMILES string of the molecule is CC[C@@H](Oc1ccc([C@H]2CN(CC)Cc3cc4c(cc3O2)CN(Cc2cccc(F)c2)[C@H](C(=O)N[C@@H](Cc2ccc(-c3ccnc(C)c3C)cc2)C(=O)OC)C4)cc1)c1ccc(Cl)c(Cl)c1. The van der Waals surface area contributed by atoms with Gasteiger partial charge in [-0.2, -0.15) is 0 Å². The third-order valence-electron chi connectivity index (χ3n) is 12.9. The Balaban J connectivity index is 1.03. The van der Waals surface area contributed by atoms with Gasteiger partial charge in [-0.1, -0.05) is 97.7 Å². The third kappa shape index (κ3) is 10.7. The van der Waals surface area contributed by atoms with Crippen molar-refractivity contribution in [2.24, 2.45) is 0 Å². The number of esters is 1. The van der Waals surface area contributed by atoms with Crippen LogP contribution in [0.25, 0.3) is 11.1 Å². The number of methoxy groups -OCH3 is 1. The largest absolute Gasteiger partial charge is 0.486 e. The lowest BCUT2D eigenvalue weighted by Gasteiger charge is -2.37. The molecule has 0 fully saturated rings. The van der Waals surface area contributed by atoms with E-state index in [0.29, 0.717) is 42.6 Å². The third-order valence-corrected chi connectivity index (χ3v) is 13.6. The summed E-state index contributed by atoms with van der Waals surface area (Å²) in [6, 6.07) is 32.8. The van der Waals surface area contributed by atoms with E-state index in [1.54, 1.807) is 18.3 Å². The van der Waals surface area contributed by atoms with E-state index in [2.05, 4.69) is 60.2 Å². The zero-order valence-corrected chi connectivity index (χ0v) is 39.5. The van der Waals surface area contributed by atoms with E-state index >= 15 is 0 Å². The van der Waals surface area contributed by atoms with Gasteiger partial charge in [0.15, 0.2) is 0 Å². The topological polar surface area (TPSA) is 93.2 Å².